The van der Waals surface area contributed by atoms with Crippen LogP contribution in [0, 0.1) is 10.1 Å². The predicted molar refractivity (Wildman–Crippen MR) is 231 cm³/mol. The van der Waals surface area contributed by atoms with Gasteiger partial charge in [0.15, 0.2) is 6.29 Å². The molecule has 2 heterocycles. The summed E-state index contributed by atoms with van der Waals surface area (Å²) < 4.78 is 19.2. The molecular formula is C48H47N5O7. The average molecular weight is 806 g/mol. The molecule has 306 valence electrons. The Kier molecular flexibility index (Phi) is 12.7. The van der Waals surface area contributed by atoms with Crippen LogP contribution in [0.4, 0.5) is 21.9 Å². The van der Waals surface area contributed by atoms with Crippen LogP contribution in [0.5, 0.6) is 11.5 Å². The van der Waals surface area contributed by atoms with Crippen molar-refractivity contribution in [1.29, 1.82) is 0 Å². The summed E-state index contributed by atoms with van der Waals surface area (Å²) in [6, 6.07) is 47.3. The second-order valence-electron chi connectivity index (χ2n) is 14.9. The van der Waals surface area contributed by atoms with Gasteiger partial charge in [0.1, 0.15) is 11.5 Å². The lowest BCUT2D eigenvalue weighted by atomic mass is 9.97. The molecular weight excluding hydrogens is 759 g/mol. The van der Waals surface area contributed by atoms with Crippen molar-refractivity contribution in [3.05, 3.63) is 184 Å². The van der Waals surface area contributed by atoms with Gasteiger partial charge in [0.25, 0.3) is 5.69 Å². The van der Waals surface area contributed by atoms with Crippen LogP contribution in [0.2, 0.25) is 0 Å². The summed E-state index contributed by atoms with van der Waals surface area (Å²) in [5.41, 5.74) is 7.47. The Bertz CT molecular complexity index is 2340. The summed E-state index contributed by atoms with van der Waals surface area (Å²) in [6.45, 7) is 4.32. The summed E-state index contributed by atoms with van der Waals surface area (Å²) in [5.74, 6) is 1.42. The third-order valence-corrected chi connectivity index (χ3v) is 10.9. The van der Waals surface area contributed by atoms with Crippen molar-refractivity contribution in [2.24, 2.45) is 0 Å². The van der Waals surface area contributed by atoms with Crippen molar-refractivity contribution in [3.63, 3.8) is 0 Å². The van der Waals surface area contributed by atoms with Gasteiger partial charge in [-0.25, -0.2) is 4.79 Å². The zero-order chi connectivity index (χ0) is 41.3. The fourth-order valence-corrected chi connectivity index (χ4v) is 7.65. The van der Waals surface area contributed by atoms with E-state index >= 15 is 0 Å². The lowest BCUT2D eigenvalue weighted by Crippen LogP contribution is -2.49. The lowest BCUT2D eigenvalue weighted by molar-refractivity contribution is -0.384. The van der Waals surface area contributed by atoms with Crippen molar-refractivity contribution in [2.45, 2.75) is 38.1 Å². The molecule has 0 radical (unpaired) electrons. The number of amides is 2. The van der Waals surface area contributed by atoms with Gasteiger partial charge in [-0.05, 0) is 76.3 Å². The van der Waals surface area contributed by atoms with Gasteiger partial charge in [-0.1, -0.05) is 91.0 Å². The molecule has 0 aromatic heterocycles. The van der Waals surface area contributed by atoms with Crippen LogP contribution in [0.25, 0.3) is 11.1 Å². The molecule has 2 amide bonds. The van der Waals surface area contributed by atoms with E-state index in [0.717, 1.165) is 77.5 Å². The van der Waals surface area contributed by atoms with Crippen LogP contribution in [-0.4, -0.2) is 59.8 Å². The number of para-hydroxylation sites is 1. The van der Waals surface area contributed by atoms with Gasteiger partial charge in [-0.15, -0.1) is 0 Å². The molecule has 60 heavy (non-hydrogen) atoms. The number of nitro groups is 1. The Labute approximate surface area is 349 Å². The number of anilines is 2. The number of benzene rings is 6. The Hall–Kier alpha value is -6.57. The number of aliphatic hydroxyl groups is 1. The molecule has 0 bridgehead atoms. The molecule has 3 atom stereocenters. The van der Waals surface area contributed by atoms with Crippen LogP contribution in [0.1, 0.15) is 41.1 Å². The first-order valence-electron chi connectivity index (χ1n) is 20.2. The summed E-state index contributed by atoms with van der Waals surface area (Å²) in [7, 11) is 0. The number of nitro benzene ring substituents is 1. The molecule has 6 aromatic rings. The van der Waals surface area contributed by atoms with E-state index in [4.69, 9.17) is 14.2 Å². The summed E-state index contributed by atoms with van der Waals surface area (Å²) >= 11 is 0. The van der Waals surface area contributed by atoms with Crippen LogP contribution in [-0.2, 0) is 22.6 Å². The highest BCUT2D eigenvalue weighted by Crippen LogP contribution is 2.39. The second-order valence-corrected chi connectivity index (χ2v) is 14.9. The van der Waals surface area contributed by atoms with Gasteiger partial charge < -0.3 is 34.9 Å². The first-order valence-corrected chi connectivity index (χ1v) is 20.2. The number of carbonyl (C=O) groups excluding carboxylic acids is 1. The topological polar surface area (TPSA) is 139 Å². The third kappa shape index (κ3) is 10.2. The van der Waals surface area contributed by atoms with Crippen molar-refractivity contribution in [3.8, 4) is 22.6 Å². The maximum atomic E-state index is 12.9. The lowest BCUT2D eigenvalue weighted by Gasteiger charge is -2.41. The van der Waals surface area contributed by atoms with E-state index in [1.807, 2.05) is 115 Å². The maximum Gasteiger partial charge on any atom is 0.319 e. The molecule has 6 aromatic carbocycles. The van der Waals surface area contributed by atoms with E-state index < -0.39 is 6.29 Å². The van der Waals surface area contributed by atoms with Gasteiger partial charge >= 0.3 is 6.03 Å². The fourth-order valence-electron chi connectivity index (χ4n) is 7.65. The Balaban J connectivity index is 0.903. The number of rotatable bonds is 13. The van der Waals surface area contributed by atoms with Gasteiger partial charge in [-0.3, -0.25) is 15.0 Å². The van der Waals surface area contributed by atoms with Crippen molar-refractivity contribution in [2.75, 3.05) is 42.9 Å². The van der Waals surface area contributed by atoms with E-state index in [9.17, 15) is 20.0 Å². The zero-order valence-electron chi connectivity index (χ0n) is 33.1. The van der Waals surface area contributed by atoms with Crippen LogP contribution in [0.3, 0.4) is 0 Å². The highest BCUT2D eigenvalue weighted by molar-refractivity contribution is 5.89. The van der Waals surface area contributed by atoms with Crippen molar-refractivity contribution >= 4 is 23.1 Å². The quantitative estimate of drug-likeness (QED) is 0.0770. The number of nitrogens with zero attached hydrogens (tertiary/aromatic N) is 3. The maximum absolute atomic E-state index is 12.9. The molecule has 8 rings (SSSR count). The predicted octanol–water partition coefficient (Wildman–Crippen LogP) is 9.24. The number of hydrogen-bond acceptors (Lipinski definition) is 9. The smallest absolute Gasteiger partial charge is 0.319 e. The van der Waals surface area contributed by atoms with E-state index in [1.165, 1.54) is 0 Å². The number of ether oxygens (including phenoxy) is 3. The summed E-state index contributed by atoms with van der Waals surface area (Å²) in [4.78, 5) is 28.3. The molecule has 2 aliphatic heterocycles. The van der Waals surface area contributed by atoms with Crippen molar-refractivity contribution in [1.82, 2.24) is 10.2 Å². The standard InChI is InChI=1S/C48H47N5O7/c54-33-34-10-12-36(13-11-34)46-30-44(32-51-26-28-52(29-27-51)40-20-22-41(23-21-40)53(56)57)59-47(60-46)37-16-14-35(15-17-37)45-9-5-4-6-38(45)31-49-48(55)50-39-18-24-43(25-19-39)58-42-7-2-1-3-8-42/h1-25,44,46-47,54H,26-33H2,(H2,49,50,55)/t44-,46+,47+/m0/s1. The van der Waals surface area contributed by atoms with Gasteiger partial charge in [0, 0.05) is 74.8 Å². The number of aliphatic hydroxyl groups excluding tert-OH is 1. The van der Waals surface area contributed by atoms with Gasteiger partial charge in [0.05, 0.1) is 23.7 Å². The third-order valence-electron chi connectivity index (χ3n) is 10.9. The van der Waals surface area contributed by atoms with E-state index in [-0.39, 0.29) is 35.5 Å². The molecule has 0 saturated carbocycles. The van der Waals surface area contributed by atoms with E-state index in [1.54, 1.807) is 24.3 Å². The van der Waals surface area contributed by atoms with E-state index in [0.29, 0.717) is 24.4 Å². The molecule has 0 spiro atoms. The minimum absolute atomic E-state index is 0.0226. The molecule has 0 unspecified atom stereocenters. The molecule has 2 fully saturated rings. The van der Waals surface area contributed by atoms with Crippen LogP contribution < -0.4 is 20.3 Å². The van der Waals surface area contributed by atoms with Gasteiger partial charge in [-0.2, -0.15) is 0 Å². The van der Waals surface area contributed by atoms with Gasteiger partial charge in [0.2, 0.25) is 0 Å². The Morgan fingerprint density at radius 3 is 2.12 bits per heavy atom. The van der Waals surface area contributed by atoms with Crippen LogP contribution in [0.15, 0.2) is 152 Å². The molecule has 12 nitrogen and oxygen atoms in total. The number of urea groups is 1. The molecule has 2 aliphatic rings. The molecule has 2 saturated heterocycles. The molecule has 0 aliphatic carbocycles. The zero-order valence-corrected chi connectivity index (χ0v) is 33.1. The minimum atomic E-state index is -0.596. The minimum Gasteiger partial charge on any atom is -0.457 e. The first kappa shape index (κ1) is 40.2. The second kappa shape index (κ2) is 19.0. The summed E-state index contributed by atoms with van der Waals surface area (Å²) in [5, 5.41) is 26.7. The Morgan fingerprint density at radius 2 is 1.42 bits per heavy atom. The number of nitrogens with one attached hydrogen (secondary N) is 2. The van der Waals surface area contributed by atoms with Crippen LogP contribution >= 0.6 is 0 Å². The number of carbonyl (C=O) groups is 1. The molecule has 3 N–H and O–H groups in total. The number of non-ortho nitro benzene ring substituents is 1. The van der Waals surface area contributed by atoms with Crippen molar-refractivity contribution < 1.29 is 29.0 Å². The normalized spacial score (nSPS) is 18.1. The Morgan fingerprint density at radius 1 is 0.750 bits per heavy atom. The monoisotopic (exact) mass is 805 g/mol. The largest absolute Gasteiger partial charge is 0.457 e. The number of piperazine rings is 1. The SMILES string of the molecule is O=C(NCc1ccccc1-c1ccc([C@@H]2O[C@H](CN3CCN(c4ccc([N+](=O)[O-])cc4)CC3)C[C@H](c3ccc(CO)cc3)O2)cc1)Nc1ccc(Oc2ccccc2)cc1. The first-order chi connectivity index (χ1) is 29.4. The summed E-state index contributed by atoms with van der Waals surface area (Å²) in [6.07, 6.45) is -0.227. The number of hydrogen-bond donors (Lipinski definition) is 3. The fraction of sp³-hybridized carbons (Fsp3) is 0.229. The molecule has 12 heteroatoms. The average Bonchev–Trinajstić information content (AvgIpc) is 3.30. The van der Waals surface area contributed by atoms with E-state index in [2.05, 4.69) is 32.6 Å². The highest BCUT2D eigenvalue weighted by Gasteiger charge is 2.34. The highest BCUT2D eigenvalue weighted by atomic mass is 16.7.